The Hall–Kier alpha value is -1.40. The molecule has 0 saturated carbocycles. The Bertz CT molecular complexity index is 453. The molecule has 0 aliphatic carbocycles. The minimum Gasteiger partial charge on any atom is -0.497 e. The van der Waals surface area contributed by atoms with Crippen molar-refractivity contribution in [3.8, 4) is 5.75 Å². The molecule has 0 aliphatic heterocycles. The van der Waals surface area contributed by atoms with Crippen LogP contribution >= 0.6 is 0 Å². The van der Waals surface area contributed by atoms with Crippen molar-refractivity contribution >= 4 is 16.3 Å². The molecule has 0 amide bonds. The second kappa shape index (κ2) is 6.36. The highest BCUT2D eigenvalue weighted by atomic mass is 32.2. The molecule has 0 saturated heterocycles. The van der Waals surface area contributed by atoms with E-state index in [1.807, 2.05) is 0 Å². The second-order valence-corrected chi connectivity index (χ2v) is 5.15. The second-order valence-electron chi connectivity index (χ2n) is 3.38. The molecule has 1 rings (SSSR count). The SMILES string of the molecule is COc1ccc(S(=O)(=O)NCCCC=O)cc1. The number of unbranched alkanes of at least 4 members (excludes halogenated alkanes) is 1. The summed E-state index contributed by atoms with van der Waals surface area (Å²) in [6.45, 7) is 0.257. The van der Waals surface area contributed by atoms with Gasteiger partial charge in [0.25, 0.3) is 0 Å². The van der Waals surface area contributed by atoms with Crippen molar-refractivity contribution in [2.45, 2.75) is 17.7 Å². The maximum absolute atomic E-state index is 11.8. The van der Waals surface area contributed by atoms with Gasteiger partial charge in [-0.1, -0.05) is 0 Å². The smallest absolute Gasteiger partial charge is 0.240 e. The van der Waals surface area contributed by atoms with Crippen LogP contribution in [0.25, 0.3) is 0 Å². The normalized spacial score (nSPS) is 11.1. The number of methoxy groups -OCH3 is 1. The fourth-order valence-corrected chi connectivity index (χ4v) is 2.30. The van der Waals surface area contributed by atoms with E-state index in [1.54, 1.807) is 12.1 Å². The van der Waals surface area contributed by atoms with Gasteiger partial charge in [-0.25, -0.2) is 13.1 Å². The summed E-state index contributed by atoms with van der Waals surface area (Å²) in [5.74, 6) is 0.602. The average molecular weight is 257 g/mol. The van der Waals surface area contributed by atoms with E-state index in [0.29, 0.717) is 18.6 Å². The van der Waals surface area contributed by atoms with Gasteiger partial charge in [-0.3, -0.25) is 0 Å². The van der Waals surface area contributed by atoms with Crippen LogP contribution < -0.4 is 9.46 Å². The number of benzene rings is 1. The number of sulfonamides is 1. The van der Waals surface area contributed by atoms with Gasteiger partial charge in [-0.05, 0) is 30.7 Å². The first-order valence-corrected chi connectivity index (χ1v) is 6.66. The molecule has 17 heavy (non-hydrogen) atoms. The highest BCUT2D eigenvalue weighted by Gasteiger charge is 2.12. The van der Waals surface area contributed by atoms with E-state index < -0.39 is 10.0 Å². The van der Waals surface area contributed by atoms with E-state index >= 15 is 0 Å². The lowest BCUT2D eigenvalue weighted by Gasteiger charge is -2.06. The summed E-state index contributed by atoms with van der Waals surface area (Å²) < 4.78 is 30.9. The summed E-state index contributed by atoms with van der Waals surface area (Å²) in [6.07, 6.45) is 1.62. The van der Waals surface area contributed by atoms with Gasteiger partial charge >= 0.3 is 0 Å². The predicted molar refractivity (Wildman–Crippen MR) is 63.5 cm³/mol. The van der Waals surface area contributed by atoms with Gasteiger partial charge in [0.15, 0.2) is 0 Å². The summed E-state index contributed by atoms with van der Waals surface area (Å²) >= 11 is 0. The Morgan fingerprint density at radius 3 is 2.47 bits per heavy atom. The minimum atomic E-state index is -3.49. The Kier molecular flexibility index (Phi) is 5.11. The van der Waals surface area contributed by atoms with E-state index in [-0.39, 0.29) is 11.4 Å². The van der Waals surface area contributed by atoms with Crippen LogP contribution in [0.15, 0.2) is 29.2 Å². The number of hydrogen-bond donors (Lipinski definition) is 1. The largest absolute Gasteiger partial charge is 0.497 e. The third kappa shape index (κ3) is 4.16. The minimum absolute atomic E-state index is 0.185. The number of nitrogens with one attached hydrogen (secondary N) is 1. The quantitative estimate of drug-likeness (QED) is 0.583. The molecule has 0 unspecified atom stereocenters. The van der Waals surface area contributed by atoms with Crippen LogP contribution in [-0.2, 0) is 14.8 Å². The molecule has 0 aliphatic rings. The Labute approximate surface area is 101 Å². The monoisotopic (exact) mass is 257 g/mol. The first-order valence-electron chi connectivity index (χ1n) is 5.17. The molecule has 0 aromatic heterocycles. The molecule has 0 radical (unpaired) electrons. The number of carbonyl (C=O) groups excluding carboxylic acids is 1. The van der Waals surface area contributed by atoms with E-state index in [9.17, 15) is 13.2 Å². The third-order valence-corrected chi connectivity index (χ3v) is 3.64. The Balaban J connectivity index is 2.65. The molecular weight excluding hydrogens is 242 g/mol. The zero-order valence-corrected chi connectivity index (χ0v) is 10.4. The first-order chi connectivity index (χ1) is 8.10. The molecule has 94 valence electrons. The summed E-state index contributed by atoms with van der Waals surface area (Å²) in [5, 5.41) is 0. The lowest BCUT2D eigenvalue weighted by Crippen LogP contribution is -2.24. The number of aldehydes is 1. The molecule has 1 aromatic carbocycles. The van der Waals surface area contributed by atoms with Gasteiger partial charge < -0.3 is 9.53 Å². The molecule has 0 atom stereocenters. The lowest BCUT2D eigenvalue weighted by atomic mass is 10.3. The Morgan fingerprint density at radius 1 is 1.29 bits per heavy atom. The maximum atomic E-state index is 11.8. The van der Waals surface area contributed by atoms with E-state index in [2.05, 4.69) is 4.72 Å². The fourth-order valence-electron chi connectivity index (χ4n) is 1.23. The van der Waals surface area contributed by atoms with Crippen molar-refractivity contribution < 1.29 is 17.9 Å². The number of ether oxygens (including phenoxy) is 1. The van der Waals surface area contributed by atoms with Gasteiger partial charge in [0, 0.05) is 13.0 Å². The molecule has 0 heterocycles. The van der Waals surface area contributed by atoms with Crippen molar-refractivity contribution in [3.63, 3.8) is 0 Å². The molecule has 0 bridgehead atoms. The zero-order valence-electron chi connectivity index (χ0n) is 9.55. The van der Waals surface area contributed by atoms with Gasteiger partial charge in [0.2, 0.25) is 10.0 Å². The topological polar surface area (TPSA) is 72.5 Å². The van der Waals surface area contributed by atoms with Crippen LogP contribution in [0.2, 0.25) is 0 Å². The Morgan fingerprint density at radius 2 is 1.94 bits per heavy atom. The van der Waals surface area contributed by atoms with Crippen LogP contribution in [0, 0.1) is 0 Å². The average Bonchev–Trinajstić information content (AvgIpc) is 2.35. The van der Waals surface area contributed by atoms with Crippen molar-refractivity contribution in [2.75, 3.05) is 13.7 Å². The van der Waals surface area contributed by atoms with Gasteiger partial charge in [0.1, 0.15) is 12.0 Å². The highest BCUT2D eigenvalue weighted by molar-refractivity contribution is 7.89. The zero-order chi connectivity index (χ0) is 12.7. The molecule has 0 fully saturated rings. The van der Waals surface area contributed by atoms with E-state index in [4.69, 9.17) is 4.74 Å². The number of hydrogen-bond acceptors (Lipinski definition) is 4. The lowest BCUT2D eigenvalue weighted by molar-refractivity contribution is -0.107. The summed E-state index contributed by atoms with van der Waals surface area (Å²) in [6, 6.07) is 6.11. The number of rotatable bonds is 7. The molecule has 1 aromatic rings. The molecule has 1 N–H and O–H groups in total. The van der Waals surface area contributed by atoms with Gasteiger partial charge in [-0.15, -0.1) is 0 Å². The van der Waals surface area contributed by atoms with Crippen LogP contribution in [-0.4, -0.2) is 28.4 Å². The first kappa shape index (κ1) is 13.7. The van der Waals surface area contributed by atoms with E-state index in [1.165, 1.54) is 19.2 Å². The van der Waals surface area contributed by atoms with Crippen molar-refractivity contribution in [1.29, 1.82) is 0 Å². The molecule has 0 spiro atoms. The molecular formula is C11H15NO4S. The highest BCUT2D eigenvalue weighted by Crippen LogP contribution is 2.15. The molecule has 5 nitrogen and oxygen atoms in total. The summed E-state index contributed by atoms with van der Waals surface area (Å²) in [7, 11) is -1.97. The van der Waals surface area contributed by atoms with Crippen LogP contribution in [0.5, 0.6) is 5.75 Å². The maximum Gasteiger partial charge on any atom is 0.240 e. The van der Waals surface area contributed by atoms with Crippen LogP contribution in [0.4, 0.5) is 0 Å². The van der Waals surface area contributed by atoms with Crippen molar-refractivity contribution in [1.82, 2.24) is 4.72 Å². The summed E-state index contributed by atoms with van der Waals surface area (Å²) in [5.41, 5.74) is 0. The standard InChI is InChI=1S/C11H15NO4S/c1-16-10-4-6-11(7-5-10)17(14,15)12-8-2-3-9-13/h4-7,9,12H,2-3,8H2,1H3. The summed E-state index contributed by atoms with van der Waals surface area (Å²) in [4.78, 5) is 10.3. The predicted octanol–water partition coefficient (Wildman–Crippen LogP) is 0.953. The third-order valence-electron chi connectivity index (χ3n) is 2.16. The van der Waals surface area contributed by atoms with Gasteiger partial charge in [0.05, 0.1) is 12.0 Å². The molecule has 6 heteroatoms. The van der Waals surface area contributed by atoms with Crippen molar-refractivity contribution in [3.05, 3.63) is 24.3 Å². The van der Waals surface area contributed by atoms with Gasteiger partial charge in [-0.2, -0.15) is 0 Å². The van der Waals surface area contributed by atoms with E-state index in [0.717, 1.165) is 6.29 Å². The van der Waals surface area contributed by atoms with Crippen LogP contribution in [0.3, 0.4) is 0 Å². The van der Waals surface area contributed by atoms with Crippen LogP contribution in [0.1, 0.15) is 12.8 Å². The number of carbonyl (C=O) groups is 1. The van der Waals surface area contributed by atoms with Crippen molar-refractivity contribution in [2.24, 2.45) is 0 Å². The fraction of sp³-hybridized carbons (Fsp3) is 0.364.